The number of ether oxygens (including phenoxy) is 1. The van der Waals surface area contributed by atoms with E-state index < -0.39 is 67.8 Å². The number of aliphatic hydroxyl groups is 1. The van der Waals surface area contributed by atoms with Crippen LogP contribution in [0.1, 0.15) is 66.0 Å². The highest BCUT2D eigenvalue weighted by Gasteiger charge is 2.68. The van der Waals surface area contributed by atoms with E-state index in [9.17, 15) is 43.3 Å². The zero-order valence-electron chi connectivity index (χ0n) is 32.2. The predicted molar refractivity (Wildman–Crippen MR) is 200 cm³/mol. The minimum atomic E-state index is -5.14. The first-order valence-corrected chi connectivity index (χ1v) is 22.5. The van der Waals surface area contributed by atoms with Gasteiger partial charge in [0.05, 0.1) is 26.4 Å². The molecular weight excluding hydrogens is 860 g/mol. The number of hydrogen-bond donors (Lipinski definition) is 4. The largest absolute Gasteiger partial charge is 0.477 e. The minimum absolute atomic E-state index is 0.0258. The molecule has 2 aliphatic rings. The first-order valence-electron chi connectivity index (χ1n) is 17.4. The van der Waals surface area contributed by atoms with Crippen molar-refractivity contribution < 1.29 is 91.1 Å². The molecule has 0 unspecified atom stereocenters. The van der Waals surface area contributed by atoms with Crippen molar-refractivity contribution in [3.63, 3.8) is 0 Å². The number of rotatable bonds is 27. The number of carboxylic acid groups (broad SMARTS) is 1. The molecule has 1 saturated heterocycles. The number of aromatic nitrogens is 1. The lowest BCUT2D eigenvalue weighted by Gasteiger charge is -2.49. The van der Waals surface area contributed by atoms with Crippen LogP contribution in [-0.4, -0.2) is 118 Å². The summed E-state index contributed by atoms with van der Waals surface area (Å²) in [5.74, 6) is -4.12. The Labute approximate surface area is 339 Å². The summed E-state index contributed by atoms with van der Waals surface area (Å²) >= 11 is 2.08. The topological polar surface area (TPSA) is 305 Å². The molecule has 326 valence electrons. The number of amides is 3. The Hall–Kier alpha value is -3.36. The van der Waals surface area contributed by atoms with E-state index in [4.69, 9.17) is 47.8 Å². The summed E-state index contributed by atoms with van der Waals surface area (Å²) in [6, 6.07) is -1.14. The van der Waals surface area contributed by atoms with E-state index in [2.05, 4.69) is 20.8 Å². The number of thioether (sulfide) groups is 1. The molecule has 58 heavy (non-hydrogen) atoms. The molecule has 2 aliphatic heterocycles. The third-order valence-electron chi connectivity index (χ3n) is 7.49. The molecular formula is C30H45N5O19P2S2. The van der Waals surface area contributed by atoms with Crippen LogP contribution in [0.5, 0.6) is 0 Å². The molecule has 0 bridgehead atoms. The second-order valence-corrected chi connectivity index (χ2v) is 17.9. The quantitative estimate of drug-likeness (QED) is 0.0187. The summed E-state index contributed by atoms with van der Waals surface area (Å²) in [5.41, 5.74) is -0.522. The fourth-order valence-electron chi connectivity index (χ4n) is 4.93. The van der Waals surface area contributed by atoms with E-state index >= 15 is 0 Å². The molecule has 3 rings (SSSR count). The van der Waals surface area contributed by atoms with Crippen molar-refractivity contribution in [3.05, 3.63) is 22.3 Å². The van der Waals surface area contributed by atoms with Gasteiger partial charge in [0.2, 0.25) is 5.91 Å². The number of β-lactam (4-membered cyclic amide) rings is 1. The summed E-state index contributed by atoms with van der Waals surface area (Å²) in [7, 11) is -9.11. The smallest absolute Gasteiger partial charge is 0.428 e. The van der Waals surface area contributed by atoms with Crippen LogP contribution in [-0.2, 0) is 80.9 Å². The van der Waals surface area contributed by atoms with Crippen LogP contribution >= 0.6 is 38.3 Å². The highest BCUT2D eigenvalue weighted by Crippen LogP contribution is 2.78. The summed E-state index contributed by atoms with van der Waals surface area (Å²) in [4.78, 5) is 91.8. The van der Waals surface area contributed by atoms with Gasteiger partial charge in [-0.15, -0.1) is 41.8 Å². The highest BCUT2D eigenvalue weighted by molar-refractivity contribution is 8.00. The monoisotopic (exact) mass is 905 g/mol. The van der Waals surface area contributed by atoms with Gasteiger partial charge in [0.1, 0.15) is 36.5 Å². The number of esters is 1. The Balaban J connectivity index is 1.69. The van der Waals surface area contributed by atoms with Gasteiger partial charge < -0.3 is 30.4 Å². The second kappa shape index (κ2) is 22.9. The number of hydrogen-bond acceptors (Lipinski definition) is 22. The number of aliphatic carboxylic acids is 1. The molecule has 3 heterocycles. The molecule has 28 heteroatoms. The average Bonchev–Trinajstić information content (AvgIpc) is 3.66. The molecule has 4 N–H and O–H groups in total. The van der Waals surface area contributed by atoms with Crippen molar-refractivity contribution in [1.29, 1.82) is 0 Å². The van der Waals surface area contributed by atoms with Crippen LogP contribution in [0.4, 0.5) is 5.13 Å². The number of unbranched alkanes of at least 4 members (excludes halogenated alkanes) is 1. The van der Waals surface area contributed by atoms with Gasteiger partial charge in [-0.2, -0.15) is 0 Å². The first kappa shape index (κ1) is 49.0. The fourth-order valence-corrected chi connectivity index (χ4v) is 10.9. The number of carboxylic acids is 1. The lowest BCUT2D eigenvalue weighted by atomic mass is 10.0. The number of thiazole rings is 1. The Kier molecular flexibility index (Phi) is 19.3. The molecule has 0 spiro atoms. The number of nitrogens with zero attached hydrogens (tertiary/aromatic N) is 3. The number of carbonyl (C=O) groups is 5. The van der Waals surface area contributed by atoms with E-state index in [0.717, 1.165) is 34.9 Å². The first-order chi connectivity index (χ1) is 27.6. The molecule has 1 fully saturated rings. The molecule has 2 atom stereocenters. The van der Waals surface area contributed by atoms with Crippen molar-refractivity contribution in [1.82, 2.24) is 15.2 Å². The SMILES string of the molecule is CCOOP(=O)(OOCC)C(O)(CCCCC(=O)Nc1nc(/C(=N/OC)C(=O)N[C@@H]2C(=O)N3C(C(=O)O)=C(COC(C)=O)CS[C@@H]23)cs1)P(=O)(OOCC)OOCC. The van der Waals surface area contributed by atoms with Gasteiger partial charge in [0.25, 0.3) is 16.9 Å². The third-order valence-corrected chi connectivity index (χ3v) is 14.5. The van der Waals surface area contributed by atoms with Crippen LogP contribution in [0, 0.1) is 0 Å². The number of nitrogens with one attached hydrogen (secondary N) is 2. The lowest BCUT2D eigenvalue weighted by Crippen LogP contribution is -2.71. The minimum Gasteiger partial charge on any atom is -0.477 e. The van der Waals surface area contributed by atoms with Crippen molar-refractivity contribution in [2.45, 2.75) is 76.8 Å². The maximum absolute atomic E-state index is 13.9. The predicted octanol–water partition coefficient (Wildman–Crippen LogP) is 3.20. The maximum Gasteiger partial charge on any atom is 0.428 e. The zero-order valence-corrected chi connectivity index (χ0v) is 35.6. The van der Waals surface area contributed by atoms with Crippen molar-refractivity contribution >= 4 is 78.8 Å². The van der Waals surface area contributed by atoms with E-state index in [1.807, 2.05) is 0 Å². The molecule has 0 aliphatic carbocycles. The summed E-state index contributed by atoms with van der Waals surface area (Å²) in [5, 5.41) is 27.8. The average molecular weight is 906 g/mol. The van der Waals surface area contributed by atoms with Gasteiger partial charge in [-0.1, -0.05) is 5.16 Å². The van der Waals surface area contributed by atoms with Gasteiger partial charge in [-0.3, -0.25) is 33.2 Å². The van der Waals surface area contributed by atoms with E-state index in [1.165, 1.54) is 40.2 Å². The Morgan fingerprint density at radius 1 is 0.983 bits per heavy atom. The van der Waals surface area contributed by atoms with Crippen LogP contribution < -0.4 is 10.6 Å². The molecule has 1 aromatic rings. The van der Waals surface area contributed by atoms with Crippen LogP contribution in [0.25, 0.3) is 0 Å². The Bertz CT molecular complexity index is 1740. The van der Waals surface area contributed by atoms with Gasteiger partial charge in [-0.25, -0.2) is 29.3 Å². The summed E-state index contributed by atoms with van der Waals surface area (Å²) in [6.45, 7) is 5.96. The van der Waals surface area contributed by atoms with Gasteiger partial charge in [0, 0.05) is 36.5 Å². The molecule has 0 saturated carbocycles. The molecule has 0 radical (unpaired) electrons. The summed E-state index contributed by atoms with van der Waals surface area (Å²) in [6.07, 6.45) is -1.17. The molecule has 24 nitrogen and oxygen atoms in total. The number of carbonyl (C=O) groups excluding carboxylic acids is 4. The molecule has 3 amide bonds. The lowest BCUT2D eigenvalue weighted by molar-refractivity contribution is -0.283. The fraction of sp³-hybridized carbons (Fsp3) is 0.633. The third kappa shape index (κ3) is 11.9. The number of fused-ring (bicyclic) bond motifs is 1. The van der Waals surface area contributed by atoms with E-state index in [-0.39, 0.29) is 85.9 Å². The van der Waals surface area contributed by atoms with Gasteiger partial charge >= 0.3 is 27.1 Å². The Morgan fingerprint density at radius 2 is 1.55 bits per heavy atom. The van der Waals surface area contributed by atoms with Crippen molar-refractivity contribution in [2.75, 3.05) is 51.2 Å². The highest BCUT2D eigenvalue weighted by atomic mass is 32.2. The van der Waals surface area contributed by atoms with Crippen LogP contribution in [0.15, 0.2) is 21.8 Å². The Morgan fingerprint density at radius 3 is 2.05 bits per heavy atom. The second-order valence-electron chi connectivity index (χ2n) is 11.5. The number of oxime groups is 1. The van der Waals surface area contributed by atoms with E-state index in [0.29, 0.717) is 0 Å². The van der Waals surface area contributed by atoms with Crippen molar-refractivity contribution in [3.8, 4) is 0 Å². The summed E-state index contributed by atoms with van der Waals surface area (Å²) < 4.78 is 52.3. The maximum atomic E-state index is 13.9. The zero-order chi connectivity index (χ0) is 43.1. The normalized spacial score (nSPS) is 17.4. The van der Waals surface area contributed by atoms with Crippen molar-refractivity contribution in [2.24, 2.45) is 5.16 Å². The molecule has 1 aromatic heterocycles. The van der Waals surface area contributed by atoms with Crippen LogP contribution in [0.2, 0.25) is 0 Å². The van der Waals surface area contributed by atoms with Gasteiger partial charge in [0.15, 0.2) is 10.8 Å². The van der Waals surface area contributed by atoms with Crippen LogP contribution in [0.3, 0.4) is 0 Å². The standard InChI is InChI=1S/C30H45N5O19P2S2/c1-7-47-51-55(43,52-48-8-2)30(42,56(44,53-49-9-3)54-50-10-4)14-12-11-13-21(37)32-29-31-20(17-58-29)22(34-45-6)25(38)33-23-26(39)35-24(28(40)41)19(15-46-18(5)36)16-57-27(23)35/h17,23,27,42H,7-16H2,1-6H3,(H,33,38)(H,40,41)(H,31,32,37)/b34-22-/t23-,27+/m1/s1. The van der Waals surface area contributed by atoms with Gasteiger partial charge in [-0.05, 0) is 40.5 Å². The molecule has 0 aromatic carbocycles. The number of anilines is 1. The van der Waals surface area contributed by atoms with E-state index in [1.54, 1.807) is 0 Å².